The van der Waals surface area contributed by atoms with E-state index in [0.717, 1.165) is 29.0 Å². The quantitative estimate of drug-likeness (QED) is 0.805. The summed E-state index contributed by atoms with van der Waals surface area (Å²) in [6.45, 7) is 3.19. The lowest BCUT2D eigenvalue weighted by molar-refractivity contribution is 0.333. The molecule has 1 N–H and O–H groups in total. The van der Waals surface area contributed by atoms with E-state index in [1.165, 1.54) is 19.3 Å². The molecule has 2 rings (SSSR count). The monoisotopic (exact) mass is 197 g/mol. The summed E-state index contributed by atoms with van der Waals surface area (Å²) in [5.41, 5.74) is 0. The number of aromatic nitrogens is 2. The number of nitrogens with zero attached hydrogens (tertiary/aromatic N) is 2. The average Bonchev–Trinajstić information content (AvgIpc) is 2.49. The van der Waals surface area contributed by atoms with Gasteiger partial charge >= 0.3 is 0 Å². The van der Waals surface area contributed by atoms with Crippen LogP contribution in [-0.2, 0) is 6.42 Å². The second kappa shape index (κ2) is 4.05. The average molecular weight is 197 g/mol. The largest absolute Gasteiger partial charge is 0.360 e. The van der Waals surface area contributed by atoms with Crippen LogP contribution in [0.1, 0.15) is 31.2 Å². The van der Waals surface area contributed by atoms with Crippen LogP contribution in [0.4, 0.5) is 5.13 Å². The molecule has 0 saturated heterocycles. The summed E-state index contributed by atoms with van der Waals surface area (Å²) in [5.74, 6) is 0.883. The fourth-order valence-corrected chi connectivity index (χ4v) is 2.08. The Bertz CT molecular complexity index is 268. The SMILES string of the molecule is CCc1nnc(NCC2CCC2)s1. The zero-order valence-electron chi connectivity index (χ0n) is 7.92. The Labute approximate surface area is 82.6 Å². The molecule has 0 bridgehead atoms. The molecule has 0 radical (unpaired) electrons. The van der Waals surface area contributed by atoms with E-state index in [9.17, 15) is 0 Å². The predicted octanol–water partition coefficient (Wildman–Crippen LogP) is 2.31. The van der Waals surface area contributed by atoms with Gasteiger partial charge in [-0.05, 0) is 25.2 Å². The van der Waals surface area contributed by atoms with Gasteiger partial charge in [-0.1, -0.05) is 24.7 Å². The molecule has 3 nitrogen and oxygen atoms in total. The van der Waals surface area contributed by atoms with Crippen molar-refractivity contribution in [3.05, 3.63) is 5.01 Å². The van der Waals surface area contributed by atoms with Crippen LogP contribution in [0.2, 0.25) is 0 Å². The molecule has 1 aromatic heterocycles. The first-order valence-corrected chi connectivity index (χ1v) is 5.76. The van der Waals surface area contributed by atoms with E-state index in [1.807, 2.05) is 0 Å². The van der Waals surface area contributed by atoms with Crippen LogP contribution >= 0.6 is 11.3 Å². The van der Waals surface area contributed by atoms with Crippen molar-refractivity contribution < 1.29 is 0 Å². The molecule has 0 aromatic carbocycles. The fourth-order valence-electron chi connectivity index (χ4n) is 1.40. The third kappa shape index (κ3) is 2.18. The van der Waals surface area contributed by atoms with Crippen LogP contribution in [0.25, 0.3) is 0 Å². The molecular weight excluding hydrogens is 182 g/mol. The first-order chi connectivity index (χ1) is 6.38. The summed E-state index contributed by atoms with van der Waals surface area (Å²) in [5, 5.41) is 13.6. The fraction of sp³-hybridized carbons (Fsp3) is 0.778. The molecule has 1 fully saturated rings. The molecule has 0 unspecified atom stereocenters. The van der Waals surface area contributed by atoms with Crippen LogP contribution in [-0.4, -0.2) is 16.7 Å². The lowest BCUT2D eigenvalue weighted by Gasteiger charge is -2.24. The van der Waals surface area contributed by atoms with Gasteiger partial charge in [-0.3, -0.25) is 0 Å². The Balaban J connectivity index is 1.79. The van der Waals surface area contributed by atoms with E-state index in [0.29, 0.717) is 0 Å². The van der Waals surface area contributed by atoms with Gasteiger partial charge in [0.15, 0.2) is 0 Å². The number of anilines is 1. The molecule has 4 heteroatoms. The number of hydrogen-bond acceptors (Lipinski definition) is 4. The Morgan fingerprint density at radius 1 is 1.46 bits per heavy atom. The van der Waals surface area contributed by atoms with Crippen molar-refractivity contribution in [1.29, 1.82) is 0 Å². The minimum Gasteiger partial charge on any atom is -0.360 e. The molecule has 1 heterocycles. The predicted molar refractivity (Wildman–Crippen MR) is 55.1 cm³/mol. The topological polar surface area (TPSA) is 37.8 Å². The number of aryl methyl sites for hydroxylation is 1. The van der Waals surface area contributed by atoms with E-state index >= 15 is 0 Å². The summed E-state index contributed by atoms with van der Waals surface area (Å²) < 4.78 is 0. The molecule has 13 heavy (non-hydrogen) atoms. The number of hydrogen-bond donors (Lipinski definition) is 1. The molecule has 0 spiro atoms. The Morgan fingerprint density at radius 2 is 2.31 bits per heavy atom. The molecule has 1 saturated carbocycles. The van der Waals surface area contributed by atoms with Crippen molar-refractivity contribution in [2.45, 2.75) is 32.6 Å². The Morgan fingerprint density at radius 3 is 2.85 bits per heavy atom. The van der Waals surface area contributed by atoms with Gasteiger partial charge in [0.2, 0.25) is 5.13 Å². The highest BCUT2D eigenvalue weighted by atomic mass is 32.1. The highest BCUT2D eigenvalue weighted by molar-refractivity contribution is 7.15. The summed E-state index contributed by atoms with van der Waals surface area (Å²) in [7, 11) is 0. The van der Waals surface area contributed by atoms with E-state index in [1.54, 1.807) is 11.3 Å². The van der Waals surface area contributed by atoms with E-state index in [2.05, 4.69) is 22.4 Å². The van der Waals surface area contributed by atoms with E-state index in [4.69, 9.17) is 0 Å². The molecule has 1 aliphatic rings. The molecule has 1 aliphatic carbocycles. The molecule has 0 aliphatic heterocycles. The van der Waals surface area contributed by atoms with Crippen molar-refractivity contribution in [1.82, 2.24) is 10.2 Å². The normalized spacial score (nSPS) is 17.0. The maximum atomic E-state index is 4.07. The second-order valence-electron chi connectivity index (χ2n) is 3.53. The number of rotatable bonds is 4. The zero-order chi connectivity index (χ0) is 9.10. The summed E-state index contributed by atoms with van der Waals surface area (Å²) in [4.78, 5) is 0. The standard InChI is InChI=1S/C9H15N3S/c1-2-8-11-12-9(13-8)10-6-7-4-3-5-7/h7H,2-6H2,1H3,(H,10,12). The van der Waals surface area contributed by atoms with Gasteiger partial charge < -0.3 is 5.32 Å². The van der Waals surface area contributed by atoms with E-state index < -0.39 is 0 Å². The van der Waals surface area contributed by atoms with Crippen LogP contribution in [0.5, 0.6) is 0 Å². The van der Waals surface area contributed by atoms with Gasteiger partial charge in [0.05, 0.1) is 0 Å². The van der Waals surface area contributed by atoms with Crippen molar-refractivity contribution in [2.75, 3.05) is 11.9 Å². The van der Waals surface area contributed by atoms with Gasteiger partial charge in [-0.25, -0.2) is 0 Å². The molecule has 0 atom stereocenters. The molecule has 72 valence electrons. The minimum atomic E-state index is 0.883. The van der Waals surface area contributed by atoms with Gasteiger partial charge in [0.25, 0.3) is 0 Å². The van der Waals surface area contributed by atoms with Gasteiger partial charge in [0.1, 0.15) is 5.01 Å². The first kappa shape index (κ1) is 8.94. The van der Waals surface area contributed by atoms with Crippen LogP contribution in [0.15, 0.2) is 0 Å². The first-order valence-electron chi connectivity index (χ1n) is 4.94. The van der Waals surface area contributed by atoms with Gasteiger partial charge in [0, 0.05) is 6.54 Å². The lowest BCUT2D eigenvalue weighted by Crippen LogP contribution is -2.20. The highest BCUT2D eigenvalue weighted by Crippen LogP contribution is 2.26. The van der Waals surface area contributed by atoms with Gasteiger partial charge in [-0.2, -0.15) is 0 Å². The van der Waals surface area contributed by atoms with Crippen LogP contribution in [0, 0.1) is 5.92 Å². The summed E-state index contributed by atoms with van der Waals surface area (Å²) >= 11 is 1.68. The lowest BCUT2D eigenvalue weighted by atomic mass is 9.86. The van der Waals surface area contributed by atoms with Crippen LogP contribution in [0.3, 0.4) is 0 Å². The third-order valence-corrected chi connectivity index (χ3v) is 3.56. The Kier molecular flexibility index (Phi) is 2.78. The third-order valence-electron chi connectivity index (χ3n) is 2.54. The molecule has 1 aromatic rings. The smallest absolute Gasteiger partial charge is 0.205 e. The van der Waals surface area contributed by atoms with Gasteiger partial charge in [-0.15, -0.1) is 10.2 Å². The highest BCUT2D eigenvalue weighted by Gasteiger charge is 2.17. The van der Waals surface area contributed by atoms with Crippen LogP contribution < -0.4 is 5.32 Å². The maximum absolute atomic E-state index is 4.07. The second-order valence-corrected chi connectivity index (χ2v) is 4.59. The zero-order valence-corrected chi connectivity index (χ0v) is 8.73. The van der Waals surface area contributed by atoms with Crippen molar-refractivity contribution in [3.8, 4) is 0 Å². The van der Waals surface area contributed by atoms with Crippen molar-refractivity contribution in [3.63, 3.8) is 0 Å². The van der Waals surface area contributed by atoms with Crippen molar-refractivity contribution in [2.24, 2.45) is 5.92 Å². The van der Waals surface area contributed by atoms with E-state index in [-0.39, 0.29) is 0 Å². The van der Waals surface area contributed by atoms with Crippen molar-refractivity contribution >= 4 is 16.5 Å². The maximum Gasteiger partial charge on any atom is 0.205 e. The Hall–Kier alpha value is -0.640. The molecule has 0 amide bonds. The summed E-state index contributed by atoms with van der Waals surface area (Å²) in [6, 6.07) is 0. The minimum absolute atomic E-state index is 0.883. The number of nitrogens with one attached hydrogen (secondary N) is 1. The summed E-state index contributed by atoms with van der Waals surface area (Å²) in [6.07, 6.45) is 5.16. The molecular formula is C9H15N3S.